The van der Waals surface area contributed by atoms with Gasteiger partial charge in [-0.15, -0.1) is 0 Å². The minimum atomic E-state index is -3.41. The standard InChI is InChI=1S/C21H23FN2O5S/c1-13(20(25)23-15-6-4-7-16(12-15)30(3,27)28)14(2)29-17-8-9-18(24-19(17)22)21(26)10-5-11-21/h4,6-9,12,26H,5,10-11H2,1-3H3,(H,23,25)/b14-13-. The molecule has 1 fully saturated rings. The maximum atomic E-state index is 14.3. The van der Waals surface area contributed by atoms with Crippen molar-refractivity contribution in [1.82, 2.24) is 4.98 Å². The summed E-state index contributed by atoms with van der Waals surface area (Å²) in [5, 5.41) is 12.9. The van der Waals surface area contributed by atoms with Crippen LogP contribution in [0.2, 0.25) is 0 Å². The number of rotatable bonds is 6. The van der Waals surface area contributed by atoms with Gasteiger partial charge in [0.2, 0.25) is 0 Å². The number of ether oxygens (including phenoxy) is 1. The number of anilines is 1. The van der Waals surface area contributed by atoms with E-state index in [2.05, 4.69) is 10.3 Å². The third-order valence-electron chi connectivity index (χ3n) is 5.12. The normalized spacial score (nSPS) is 16.3. The number of amides is 1. The van der Waals surface area contributed by atoms with Crippen LogP contribution in [0.1, 0.15) is 38.8 Å². The molecule has 1 aromatic carbocycles. The molecule has 1 amide bonds. The fourth-order valence-corrected chi connectivity index (χ4v) is 3.62. The first-order valence-electron chi connectivity index (χ1n) is 9.36. The Morgan fingerprint density at radius 2 is 1.93 bits per heavy atom. The van der Waals surface area contributed by atoms with Gasteiger partial charge in [-0.3, -0.25) is 4.79 Å². The predicted octanol–water partition coefficient (Wildman–Crippen LogP) is 3.31. The van der Waals surface area contributed by atoms with E-state index in [1.54, 1.807) is 6.07 Å². The predicted molar refractivity (Wildman–Crippen MR) is 109 cm³/mol. The molecule has 3 rings (SSSR count). The van der Waals surface area contributed by atoms with E-state index in [0.29, 0.717) is 18.5 Å². The molecule has 0 unspecified atom stereocenters. The minimum Gasteiger partial charge on any atom is -0.457 e. The minimum absolute atomic E-state index is 0.0799. The molecule has 160 valence electrons. The highest BCUT2D eigenvalue weighted by Gasteiger charge is 2.38. The Bertz CT molecular complexity index is 1120. The summed E-state index contributed by atoms with van der Waals surface area (Å²) in [7, 11) is -3.41. The van der Waals surface area contributed by atoms with Crippen molar-refractivity contribution in [3.8, 4) is 5.75 Å². The number of nitrogens with one attached hydrogen (secondary N) is 1. The van der Waals surface area contributed by atoms with E-state index in [0.717, 1.165) is 12.7 Å². The Morgan fingerprint density at radius 3 is 2.50 bits per heavy atom. The molecule has 0 aliphatic heterocycles. The summed E-state index contributed by atoms with van der Waals surface area (Å²) < 4.78 is 43.1. The first-order valence-corrected chi connectivity index (χ1v) is 11.2. The van der Waals surface area contributed by atoms with Crippen LogP contribution in [-0.4, -0.2) is 30.7 Å². The number of sulfone groups is 1. The first kappa shape index (κ1) is 21.9. The van der Waals surface area contributed by atoms with Gasteiger partial charge in [-0.05, 0) is 63.4 Å². The van der Waals surface area contributed by atoms with Crippen LogP contribution in [0.5, 0.6) is 5.75 Å². The Kier molecular flexibility index (Phi) is 5.96. The van der Waals surface area contributed by atoms with E-state index in [1.165, 1.54) is 44.2 Å². The third-order valence-corrected chi connectivity index (χ3v) is 6.23. The van der Waals surface area contributed by atoms with Gasteiger partial charge < -0.3 is 15.2 Å². The smallest absolute Gasteiger partial charge is 0.256 e. The topological polar surface area (TPSA) is 106 Å². The summed E-state index contributed by atoms with van der Waals surface area (Å²) in [4.78, 5) is 16.4. The van der Waals surface area contributed by atoms with Crippen molar-refractivity contribution in [1.29, 1.82) is 0 Å². The molecule has 0 saturated heterocycles. The lowest BCUT2D eigenvalue weighted by molar-refractivity contribution is -0.113. The molecule has 0 radical (unpaired) electrons. The molecule has 0 atom stereocenters. The largest absolute Gasteiger partial charge is 0.457 e. The molecular weight excluding hydrogens is 411 g/mol. The van der Waals surface area contributed by atoms with Crippen LogP contribution < -0.4 is 10.1 Å². The van der Waals surface area contributed by atoms with Gasteiger partial charge in [-0.2, -0.15) is 4.39 Å². The quantitative estimate of drug-likeness (QED) is 0.411. The van der Waals surface area contributed by atoms with E-state index in [-0.39, 0.29) is 27.7 Å². The zero-order valence-electron chi connectivity index (χ0n) is 16.9. The highest BCUT2D eigenvalue weighted by molar-refractivity contribution is 7.90. The van der Waals surface area contributed by atoms with Crippen molar-refractivity contribution >= 4 is 21.4 Å². The lowest BCUT2D eigenvalue weighted by atomic mass is 9.77. The lowest BCUT2D eigenvalue weighted by Crippen LogP contribution is -2.34. The zero-order valence-corrected chi connectivity index (χ0v) is 17.7. The van der Waals surface area contributed by atoms with Crippen molar-refractivity contribution in [2.45, 2.75) is 43.6 Å². The van der Waals surface area contributed by atoms with E-state index in [4.69, 9.17) is 4.74 Å². The average Bonchev–Trinajstić information content (AvgIpc) is 2.66. The van der Waals surface area contributed by atoms with Crippen LogP contribution in [0.3, 0.4) is 0 Å². The van der Waals surface area contributed by atoms with Gasteiger partial charge in [0.15, 0.2) is 15.6 Å². The summed E-state index contributed by atoms with van der Waals surface area (Å²) >= 11 is 0. The number of carbonyl (C=O) groups excluding carboxylic acids is 1. The second-order valence-corrected chi connectivity index (χ2v) is 9.42. The Balaban J connectivity index is 1.74. The van der Waals surface area contributed by atoms with Crippen LogP contribution in [0, 0.1) is 5.95 Å². The van der Waals surface area contributed by atoms with Gasteiger partial charge in [-0.1, -0.05) is 6.07 Å². The first-order chi connectivity index (χ1) is 14.0. The molecule has 9 heteroatoms. The molecule has 2 aromatic rings. The molecule has 30 heavy (non-hydrogen) atoms. The van der Waals surface area contributed by atoms with Crippen molar-refractivity contribution in [3.05, 3.63) is 59.4 Å². The molecule has 1 aromatic heterocycles. The molecule has 1 heterocycles. The Morgan fingerprint density at radius 1 is 1.23 bits per heavy atom. The summed E-state index contributed by atoms with van der Waals surface area (Å²) in [6, 6.07) is 8.75. The molecular formula is C21H23FN2O5S. The number of hydrogen-bond donors (Lipinski definition) is 2. The fraction of sp³-hybridized carbons (Fsp3) is 0.333. The Labute approximate surface area is 174 Å². The highest BCUT2D eigenvalue weighted by Crippen LogP contribution is 2.40. The maximum Gasteiger partial charge on any atom is 0.256 e. The van der Waals surface area contributed by atoms with Crippen LogP contribution in [0.4, 0.5) is 10.1 Å². The highest BCUT2D eigenvalue weighted by atomic mass is 32.2. The van der Waals surface area contributed by atoms with E-state index >= 15 is 0 Å². The van der Waals surface area contributed by atoms with Gasteiger partial charge in [0.1, 0.15) is 11.4 Å². The van der Waals surface area contributed by atoms with Crippen LogP contribution >= 0.6 is 0 Å². The maximum absolute atomic E-state index is 14.3. The summed E-state index contributed by atoms with van der Waals surface area (Å²) in [5.74, 6) is -1.40. The number of carbonyl (C=O) groups is 1. The van der Waals surface area contributed by atoms with Gasteiger partial charge >= 0.3 is 0 Å². The van der Waals surface area contributed by atoms with Crippen molar-refractivity contribution in [3.63, 3.8) is 0 Å². The number of pyridine rings is 1. The van der Waals surface area contributed by atoms with E-state index < -0.39 is 27.3 Å². The molecule has 1 saturated carbocycles. The van der Waals surface area contributed by atoms with Gasteiger partial charge in [0, 0.05) is 11.9 Å². The number of aliphatic hydroxyl groups is 1. The second-order valence-electron chi connectivity index (χ2n) is 7.41. The van der Waals surface area contributed by atoms with Crippen LogP contribution in [0.15, 0.2) is 52.6 Å². The number of hydrogen-bond acceptors (Lipinski definition) is 6. The zero-order chi connectivity index (χ0) is 22.1. The summed E-state index contributed by atoms with van der Waals surface area (Å²) in [6.07, 6.45) is 3.02. The number of aromatic nitrogens is 1. The van der Waals surface area contributed by atoms with Gasteiger partial charge in [0.05, 0.1) is 16.2 Å². The Hall–Kier alpha value is -2.78. The molecule has 1 aliphatic carbocycles. The van der Waals surface area contributed by atoms with Crippen LogP contribution in [-0.2, 0) is 20.2 Å². The van der Waals surface area contributed by atoms with Gasteiger partial charge in [0.25, 0.3) is 11.9 Å². The van der Waals surface area contributed by atoms with Crippen molar-refractivity contribution in [2.24, 2.45) is 0 Å². The molecule has 1 aliphatic rings. The molecule has 0 spiro atoms. The SMILES string of the molecule is C/C(Oc1ccc(C2(O)CCC2)nc1F)=C(\C)C(=O)Nc1cccc(S(C)(=O)=O)c1. The van der Waals surface area contributed by atoms with Gasteiger partial charge in [-0.25, -0.2) is 13.4 Å². The third kappa shape index (κ3) is 4.68. The average molecular weight is 434 g/mol. The lowest BCUT2D eigenvalue weighted by Gasteiger charge is -2.35. The monoisotopic (exact) mass is 434 g/mol. The van der Waals surface area contributed by atoms with E-state index in [9.17, 15) is 22.7 Å². The molecule has 7 nitrogen and oxygen atoms in total. The van der Waals surface area contributed by atoms with Crippen LogP contribution in [0.25, 0.3) is 0 Å². The number of halogens is 1. The summed E-state index contributed by atoms with van der Waals surface area (Å²) in [6.45, 7) is 3.01. The summed E-state index contributed by atoms with van der Waals surface area (Å²) in [5.41, 5.74) is -0.331. The number of benzene rings is 1. The van der Waals surface area contributed by atoms with E-state index in [1.807, 2.05) is 0 Å². The number of nitrogens with zero attached hydrogens (tertiary/aromatic N) is 1. The molecule has 2 N–H and O–H groups in total. The number of allylic oxidation sites excluding steroid dienone is 1. The second kappa shape index (κ2) is 8.16. The van der Waals surface area contributed by atoms with Crippen molar-refractivity contribution in [2.75, 3.05) is 11.6 Å². The van der Waals surface area contributed by atoms with Crippen molar-refractivity contribution < 1.29 is 27.4 Å². The molecule has 0 bridgehead atoms. The fourth-order valence-electron chi connectivity index (χ4n) is 2.96.